The molecule has 7 heteroatoms. The van der Waals surface area contributed by atoms with Crippen molar-refractivity contribution < 1.29 is 13.9 Å². The van der Waals surface area contributed by atoms with Crippen LogP contribution in [0.3, 0.4) is 0 Å². The van der Waals surface area contributed by atoms with Crippen LogP contribution in [-0.2, 0) is 16.1 Å². The first-order valence-electron chi connectivity index (χ1n) is 6.59. The van der Waals surface area contributed by atoms with Gasteiger partial charge >= 0.3 is 0 Å². The SMILES string of the molecule is CSc1ccc(F)cc1CNC(=O)CC1COCCN1.Cl. The lowest BCUT2D eigenvalue weighted by atomic mass is 10.1. The van der Waals surface area contributed by atoms with E-state index in [9.17, 15) is 9.18 Å². The third-order valence-corrected chi connectivity index (χ3v) is 3.99. The molecule has 1 aromatic carbocycles. The van der Waals surface area contributed by atoms with Gasteiger partial charge in [-0.1, -0.05) is 0 Å². The van der Waals surface area contributed by atoms with Gasteiger partial charge in [0.05, 0.1) is 13.2 Å². The first kappa shape index (κ1) is 18.2. The molecule has 0 radical (unpaired) electrons. The van der Waals surface area contributed by atoms with Crippen molar-refractivity contribution in [3.05, 3.63) is 29.6 Å². The number of carbonyl (C=O) groups is 1. The zero-order chi connectivity index (χ0) is 14.4. The molecule has 1 fully saturated rings. The highest BCUT2D eigenvalue weighted by atomic mass is 35.5. The molecule has 1 aliphatic rings. The minimum Gasteiger partial charge on any atom is -0.378 e. The van der Waals surface area contributed by atoms with Crippen molar-refractivity contribution in [3.8, 4) is 0 Å². The van der Waals surface area contributed by atoms with Gasteiger partial charge in [-0.2, -0.15) is 0 Å². The van der Waals surface area contributed by atoms with Crippen molar-refractivity contribution in [1.82, 2.24) is 10.6 Å². The summed E-state index contributed by atoms with van der Waals surface area (Å²) in [7, 11) is 0. The van der Waals surface area contributed by atoms with Gasteiger partial charge in [0.15, 0.2) is 0 Å². The number of amides is 1. The lowest BCUT2D eigenvalue weighted by Gasteiger charge is -2.23. The van der Waals surface area contributed by atoms with E-state index >= 15 is 0 Å². The molecule has 1 saturated heterocycles. The van der Waals surface area contributed by atoms with Gasteiger partial charge in [-0.05, 0) is 30.0 Å². The Morgan fingerprint density at radius 2 is 2.38 bits per heavy atom. The summed E-state index contributed by atoms with van der Waals surface area (Å²) in [6.45, 7) is 2.38. The Kier molecular flexibility index (Phi) is 8.03. The number of morpholine rings is 1. The molecule has 2 N–H and O–H groups in total. The number of ether oxygens (including phenoxy) is 1. The van der Waals surface area contributed by atoms with Gasteiger partial charge in [0.1, 0.15) is 5.82 Å². The average Bonchev–Trinajstić information content (AvgIpc) is 2.46. The molecule has 1 atom stereocenters. The van der Waals surface area contributed by atoms with Crippen molar-refractivity contribution in [2.45, 2.75) is 23.9 Å². The van der Waals surface area contributed by atoms with E-state index in [2.05, 4.69) is 10.6 Å². The summed E-state index contributed by atoms with van der Waals surface area (Å²) in [6, 6.07) is 4.70. The van der Waals surface area contributed by atoms with E-state index in [-0.39, 0.29) is 30.2 Å². The van der Waals surface area contributed by atoms with Gasteiger partial charge in [-0.15, -0.1) is 24.2 Å². The number of thioether (sulfide) groups is 1. The van der Waals surface area contributed by atoms with Gasteiger partial charge in [0.2, 0.25) is 5.91 Å². The van der Waals surface area contributed by atoms with Gasteiger partial charge in [0, 0.05) is 30.4 Å². The van der Waals surface area contributed by atoms with Crippen LogP contribution in [0.15, 0.2) is 23.1 Å². The molecule has 0 spiro atoms. The standard InChI is InChI=1S/C14H19FN2O2S.ClH/c1-20-13-3-2-11(15)6-10(13)8-17-14(18)7-12-9-19-5-4-16-12;/h2-3,6,12,16H,4-5,7-9H2,1H3,(H,17,18);1H. The maximum absolute atomic E-state index is 13.2. The number of nitrogens with one attached hydrogen (secondary N) is 2. The molecule has 1 amide bonds. The van der Waals surface area contributed by atoms with Crippen LogP contribution < -0.4 is 10.6 Å². The van der Waals surface area contributed by atoms with Crippen LogP contribution in [0, 0.1) is 5.82 Å². The smallest absolute Gasteiger partial charge is 0.221 e. The minimum absolute atomic E-state index is 0. The Hall–Kier alpha value is -0.820. The summed E-state index contributed by atoms with van der Waals surface area (Å²) in [5.41, 5.74) is 0.804. The Morgan fingerprint density at radius 3 is 3.05 bits per heavy atom. The highest BCUT2D eigenvalue weighted by Crippen LogP contribution is 2.21. The second-order valence-corrected chi connectivity index (χ2v) is 5.51. The predicted molar refractivity (Wildman–Crippen MR) is 84.5 cm³/mol. The molecule has 0 aromatic heterocycles. The molecule has 2 rings (SSSR count). The van der Waals surface area contributed by atoms with E-state index in [0.29, 0.717) is 26.2 Å². The van der Waals surface area contributed by atoms with E-state index in [1.54, 1.807) is 17.8 Å². The number of hydrogen-bond acceptors (Lipinski definition) is 4. The lowest BCUT2D eigenvalue weighted by Crippen LogP contribution is -2.44. The normalized spacial score (nSPS) is 17.9. The fourth-order valence-electron chi connectivity index (χ4n) is 2.13. The van der Waals surface area contributed by atoms with Gasteiger partial charge in [-0.3, -0.25) is 4.79 Å². The first-order chi connectivity index (χ1) is 9.69. The van der Waals surface area contributed by atoms with E-state index in [0.717, 1.165) is 17.0 Å². The van der Waals surface area contributed by atoms with Crippen molar-refractivity contribution in [2.24, 2.45) is 0 Å². The molecule has 0 bridgehead atoms. The number of hydrogen-bond donors (Lipinski definition) is 2. The van der Waals surface area contributed by atoms with E-state index < -0.39 is 0 Å². The van der Waals surface area contributed by atoms with Crippen molar-refractivity contribution in [1.29, 1.82) is 0 Å². The molecular formula is C14H20ClFN2O2S. The van der Waals surface area contributed by atoms with Crippen molar-refractivity contribution in [3.63, 3.8) is 0 Å². The highest BCUT2D eigenvalue weighted by Gasteiger charge is 2.16. The fourth-order valence-corrected chi connectivity index (χ4v) is 2.72. The van der Waals surface area contributed by atoms with Crippen LogP contribution in [0.2, 0.25) is 0 Å². The minimum atomic E-state index is -0.283. The van der Waals surface area contributed by atoms with Gasteiger partial charge in [-0.25, -0.2) is 4.39 Å². The first-order valence-corrected chi connectivity index (χ1v) is 7.81. The zero-order valence-electron chi connectivity index (χ0n) is 11.9. The topological polar surface area (TPSA) is 50.4 Å². The summed E-state index contributed by atoms with van der Waals surface area (Å²) >= 11 is 1.54. The summed E-state index contributed by atoms with van der Waals surface area (Å²) < 4.78 is 18.5. The second-order valence-electron chi connectivity index (χ2n) is 4.66. The summed E-state index contributed by atoms with van der Waals surface area (Å²) in [5.74, 6) is -0.335. The van der Waals surface area contributed by atoms with Crippen LogP contribution in [0.25, 0.3) is 0 Å². The Labute approximate surface area is 134 Å². The molecule has 1 aliphatic heterocycles. The van der Waals surface area contributed by atoms with Crippen molar-refractivity contribution >= 4 is 30.1 Å². The highest BCUT2D eigenvalue weighted by molar-refractivity contribution is 7.98. The molecule has 21 heavy (non-hydrogen) atoms. The van der Waals surface area contributed by atoms with Crippen LogP contribution in [0.4, 0.5) is 4.39 Å². The van der Waals surface area contributed by atoms with E-state index in [1.165, 1.54) is 12.1 Å². The van der Waals surface area contributed by atoms with Gasteiger partial charge < -0.3 is 15.4 Å². The van der Waals surface area contributed by atoms with E-state index in [1.807, 2.05) is 6.26 Å². The maximum atomic E-state index is 13.2. The van der Waals surface area contributed by atoms with Crippen LogP contribution in [0.5, 0.6) is 0 Å². The second kappa shape index (κ2) is 9.25. The Bertz CT molecular complexity index is 470. The lowest BCUT2D eigenvalue weighted by molar-refractivity contribution is -0.122. The number of benzene rings is 1. The third-order valence-electron chi connectivity index (χ3n) is 3.15. The molecule has 1 heterocycles. The fraction of sp³-hybridized carbons (Fsp3) is 0.500. The largest absolute Gasteiger partial charge is 0.378 e. The quantitative estimate of drug-likeness (QED) is 0.808. The molecule has 1 unspecified atom stereocenters. The van der Waals surface area contributed by atoms with Crippen LogP contribution in [0.1, 0.15) is 12.0 Å². The number of rotatable bonds is 5. The summed E-state index contributed by atoms with van der Waals surface area (Å²) in [4.78, 5) is 12.8. The molecular weight excluding hydrogens is 315 g/mol. The average molecular weight is 335 g/mol. The van der Waals surface area contributed by atoms with Crippen LogP contribution in [-0.4, -0.2) is 38.0 Å². The third kappa shape index (κ3) is 5.82. The molecule has 0 saturated carbocycles. The summed E-state index contributed by atoms with van der Waals surface area (Å²) in [6.07, 6.45) is 2.31. The maximum Gasteiger partial charge on any atom is 0.221 e. The van der Waals surface area contributed by atoms with Crippen LogP contribution >= 0.6 is 24.2 Å². The number of carbonyl (C=O) groups excluding carboxylic acids is 1. The molecule has 4 nitrogen and oxygen atoms in total. The number of halogens is 2. The van der Waals surface area contributed by atoms with Gasteiger partial charge in [0.25, 0.3) is 0 Å². The zero-order valence-corrected chi connectivity index (χ0v) is 13.5. The molecule has 1 aromatic rings. The molecule has 118 valence electrons. The van der Waals surface area contributed by atoms with E-state index in [4.69, 9.17) is 4.74 Å². The summed E-state index contributed by atoms with van der Waals surface area (Å²) in [5, 5.41) is 6.06. The predicted octanol–water partition coefficient (Wildman–Crippen LogP) is 1.96. The Morgan fingerprint density at radius 1 is 1.57 bits per heavy atom. The monoisotopic (exact) mass is 334 g/mol. The molecule has 0 aliphatic carbocycles. The van der Waals surface area contributed by atoms with Crippen molar-refractivity contribution in [2.75, 3.05) is 26.0 Å². The Balaban J connectivity index is 0.00000220.